The van der Waals surface area contributed by atoms with Crippen molar-refractivity contribution in [3.8, 4) is 11.3 Å². The number of alkyl halides is 3. The highest BCUT2D eigenvalue weighted by Crippen LogP contribution is 2.32. The number of thioether (sulfide) groups is 1. The van der Waals surface area contributed by atoms with Gasteiger partial charge in [-0.05, 0) is 24.3 Å². The summed E-state index contributed by atoms with van der Waals surface area (Å²) in [7, 11) is 0. The second-order valence-electron chi connectivity index (χ2n) is 4.79. The number of furan rings is 1. The highest BCUT2D eigenvalue weighted by molar-refractivity contribution is 8.23. The molecule has 0 atom stereocenters. The van der Waals surface area contributed by atoms with E-state index >= 15 is 0 Å². The Labute approximate surface area is 144 Å². The standard InChI is InChI=1S/C15H9F3N2O2S2/c16-15(17,18)10-3-1-2-9(6-10)12-5-4-11(22-12)7-19-20-13(21)8-24-14(20)23/h1-7H,8H2/b19-7+. The third-order valence-corrected chi connectivity index (χ3v) is 4.47. The van der Waals surface area contributed by atoms with Gasteiger partial charge in [0.2, 0.25) is 0 Å². The molecule has 0 bridgehead atoms. The van der Waals surface area contributed by atoms with Gasteiger partial charge in [0.1, 0.15) is 11.5 Å². The lowest BCUT2D eigenvalue weighted by molar-refractivity contribution is -0.137. The van der Waals surface area contributed by atoms with Crippen molar-refractivity contribution in [2.24, 2.45) is 5.10 Å². The summed E-state index contributed by atoms with van der Waals surface area (Å²) in [6, 6.07) is 7.92. The van der Waals surface area contributed by atoms with Gasteiger partial charge < -0.3 is 4.42 Å². The molecule has 24 heavy (non-hydrogen) atoms. The maximum absolute atomic E-state index is 12.8. The van der Waals surface area contributed by atoms with Crippen molar-refractivity contribution in [1.82, 2.24) is 5.01 Å². The lowest BCUT2D eigenvalue weighted by Gasteiger charge is -2.07. The molecule has 0 radical (unpaired) electrons. The number of hydrogen-bond acceptors (Lipinski definition) is 5. The Hall–Kier alpha value is -2.13. The van der Waals surface area contributed by atoms with Crippen LogP contribution in [0.5, 0.6) is 0 Å². The van der Waals surface area contributed by atoms with Crippen LogP contribution < -0.4 is 0 Å². The molecule has 0 saturated carbocycles. The number of amides is 1. The first-order valence-corrected chi connectivity index (χ1v) is 8.05. The van der Waals surface area contributed by atoms with Gasteiger partial charge >= 0.3 is 6.18 Å². The third-order valence-electron chi connectivity index (χ3n) is 3.13. The maximum atomic E-state index is 12.8. The summed E-state index contributed by atoms with van der Waals surface area (Å²) in [6.45, 7) is 0. The maximum Gasteiger partial charge on any atom is 0.416 e. The number of halogens is 3. The third kappa shape index (κ3) is 3.51. The zero-order valence-corrected chi connectivity index (χ0v) is 13.5. The lowest BCUT2D eigenvalue weighted by Crippen LogP contribution is -2.22. The molecule has 1 amide bonds. The van der Waals surface area contributed by atoms with Gasteiger partial charge in [-0.15, -0.1) is 0 Å². The molecule has 0 N–H and O–H groups in total. The van der Waals surface area contributed by atoms with Gasteiger partial charge in [-0.25, -0.2) is 0 Å². The molecular weight excluding hydrogens is 361 g/mol. The van der Waals surface area contributed by atoms with Crippen LogP contribution in [0.3, 0.4) is 0 Å². The van der Waals surface area contributed by atoms with E-state index < -0.39 is 11.7 Å². The summed E-state index contributed by atoms with van der Waals surface area (Å²) >= 11 is 6.19. The number of hydrogen-bond donors (Lipinski definition) is 0. The van der Waals surface area contributed by atoms with Crippen LogP contribution in [0.1, 0.15) is 11.3 Å². The molecule has 9 heteroatoms. The Balaban J connectivity index is 1.81. The first kappa shape index (κ1) is 16.7. The van der Waals surface area contributed by atoms with E-state index in [0.29, 0.717) is 15.6 Å². The van der Waals surface area contributed by atoms with E-state index in [2.05, 4.69) is 5.10 Å². The van der Waals surface area contributed by atoms with Crippen molar-refractivity contribution >= 4 is 40.4 Å². The second-order valence-corrected chi connectivity index (χ2v) is 6.39. The fraction of sp³-hybridized carbons (Fsp3) is 0.133. The summed E-state index contributed by atoms with van der Waals surface area (Å²) in [5.74, 6) is 0.581. The van der Waals surface area contributed by atoms with Crippen molar-refractivity contribution in [2.75, 3.05) is 5.75 Å². The van der Waals surface area contributed by atoms with Crippen LogP contribution in [0.25, 0.3) is 11.3 Å². The minimum atomic E-state index is -4.42. The number of carbonyl (C=O) groups is 1. The van der Waals surface area contributed by atoms with Crippen LogP contribution in [0, 0.1) is 0 Å². The smallest absolute Gasteiger partial charge is 0.416 e. The number of nitrogens with zero attached hydrogens (tertiary/aromatic N) is 2. The minimum absolute atomic E-state index is 0.231. The second kappa shape index (κ2) is 6.40. The van der Waals surface area contributed by atoms with Gasteiger partial charge in [0.15, 0.2) is 4.32 Å². The molecule has 4 nitrogen and oxygen atoms in total. The molecule has 3 rings (SSSR count). The van der Waals surface area contributed by atoms with Crippen LogP contribution in [0.15, 0.2) is 45.9 Å². The fourth-order valence-corrected chi connectivity index (χ4v) is 2.97. The zero-order valence-electron chi connectivity index (χ0n) is 11.9. The Bertz CT molecular complexity index is 814. The molecule has 124 valence electrons. The normalized spacial score (nSPS) is 15.7. The molecule has 2 aromatic rings. The van der Waals surface area contributed by atoms with E-state index in [4.69, 9.17) is 16.6 Å². The van der Waals surface area contributed by atoms with E-state index in [1.54, 1.807) is 6.07 Å². The number of carbonyl (C=O) groups excluding carboxylic acids is 1. The minimum Gasteiger partial charge on any atom is -0.455 e. The van der Waals surface area contributed by atoms with Gasteiger partial charge in [0.05, 0.1) is 17.5 Å². The Morgan fingerprint density at radius 3 is 2.75 bits per heavy atom. The van der Waals surface area contributed by atoms with Crippen molar-refractivity contribution in [3.63, 3.8) is 0 Å². The SMILES string of the molecule is O=C1CSC(=S)N1/N=C/c1ccc(-c2cccc(C(F)(F)F)c2)o1. The highest BCUT2D eigenvalue weighted by atomic mass is 32.2. The van der Waals surface area contributed by atoms with Gasteiger partial charge in [0, 0.05) is 5.56 Å². The van der Waals surface area contributed by atoms with Crippen molar-refractivity contribution in [3.05, 3.63) is 47.7 Å². The summed E-state index contributed by atoms with van der Waals surface area (Å²) in [5.41, 5.74) is -0.454. The predicted molar refractivity (Wildman–Crippen MR) is 88.6 cm³/mol. The Morgan fingerprint density at radius 1 is 1.29 bits per heavy atom. The molecule has 1 aliphatic rings. The summed E-state index contributed by atoms with van der Waals surface area (Å²) in [4.78, 5) is 11.5. The van der Waals surface area contributed by atoms with Crippen molar-refractivity contribution in [1.29, 1.82) is 0 Å². The molecule has 1 aliphatic heterocycles. The van der Waals surface area contributed by atoms with Gasteiger partial charge in [-0.2, -0.15) is 23.3 Å². The highest BCUT2D eigenvalue weighted by Gasteiger charge is 2.30. The quantitative estimate of drug-likeness (QED) is 0.601. The first-order chi connectivity index (χ1) is 11.3. The number of benzene rings is 1. The fourth-order valence-electron chi connectivity index (χ4n) is 2.00. The average molecular weight is 370 g/mol. The van der Waals surface area contributed by atoms with Crippen molar-refractivity contribution < 1.29 is 22.4 Å². The number of thiocarbonyl (C=S) groups is 1. The monoisotopic (exact) mass is 370 g/mol. The molecule has 2 heterocycles. The Morgan fingerprint density at radius 2 is 2.08 bits per heavy atom. The van der Waals surface area contributed by atoms with E-state index in [1.165, 1.54) is 36.2 Å². The Kier molecular flexibility index (Phi) is 4.46. The zero-order chi connectivity index (χ0) is 17.3. The van der Waals surface area contributed by atoms with Gasteiger partial charge in [-0.3, -0.25) is 4.79 Å². The molecule has 1 fully saturated rings. The first-order valence-electron chi connectivity index (χ1n) is 6.66. The summed E-state index contributed by atoms with van der Waals surface area (Å²) in [6.07, 6.45) is -3.12. The summed E-state index contributed by atoms with van der Waals surface area (Å²) < 4.78 is 44.1. The lowest BCUT2D eigenvalue weighted by atomic mass is 10.1. The van der Waals surface area contributed by atoms with Crippen LogP contribution >= 0.6 is 24.0 Å². The van der Waals surface area contributed by atoms with E-state index in [9.17, 15) is 18.0 Å². The molecule has 1 saturated heterocycles. The largest absolute Gasteiger partial charge is 0.455 e. The van der Waals surface area contributed by atoms with E-state index in [-0.39, 0.29) is 17.4 Å². The molecule has 0 spiro atoms. The molecule has 1 aromatic carbocycles. The van der Waals surface area contributed by atoms with Crippen LogP contribution in [0.4, 0.5) is 13.2 Å². The van der Waals surface area contributed by atoms with Crippen LogP contribution in [-0.2, 0) is 11.0 Å². The van der Waals surface area contributed by atoms with E-state index in [0.717, 1.165) is 17.1 Å². The molecule has 1 aromatic heterocycles. The molecule has 0 aliphatic carbocycles. The van der Waals surface area contributed by atoms with Crippen molar-refractivity contribution in [2.45, 2.75) is 6.18 Å². The molecular formula is C15H9F3N2O2S2. The predicted octanol–water partition coefficient (Wildman–Crippen LogP) is 4.16. The average Bonchev–Trinajstić information content (AvgIpc) is 3.12. The molecule has 0 unspecified atom stereocenters. The topological polar surface area (TPSA) is 45.8 Å². The van der Waals surface area contributed by atoms with Crippen LogP contribution in [-0.4, -0.2) is 27.2 Å². The van der Waals surface area contributed by atoms with E-state index in [1.807, 2.05) is 0 Å². The van der Waals surface area contributed by atoms with Gasteiger partial charge in [0.25, 0.3) is 5.91 Å². The van der Waals surface area contributed by atoms with Crippen LogP contribution in [0.2, 0.25) is 0 Å². The number of rotatable bonds is 3. The number of hydrazone groups is 1. The summed E-state index contributed by atoms with van der Waals surface area (Å²) in [5, 5.41) is 5.03. The van der Waals surface area contributed by atoms with Gasteiger partial charge in [-0.1, -0.05) is 36.1 Å².